The Balaban J connectivity index is 1.78. The molecular formula is C22H31N3O4. The fourth-order valence-electron chi connectivity index (χ4n) is 3.00. The first kappa shape index (κ1) is 22.5. The third-order valence-electron chi connectivity index (χ3n) is 4.31. The molecule has 2 rings (SSSR count). The van der Waals surface area contributed by atoms with Crippen LogP contribution in [0.1, 0.15) is 58.4 Å². The van der Waals surface area contributed by atoms with E-state index in [2.05, 4.69) is 16.0 Å². The van der Waals surface area contributed by atoms with Crippen LogP contribution in [-0.2, 0) is 20.9 Å². The van der Waals surface area contributed by atoms with Gasteiger partial charge in [0.2, 0.25) is 11.8 Å². The summed E-state index contributed by atoms with van der Waals surface area (Å²) in [4.78, 5) is 35.7. The first-order valence-electron chi connectivity index (χ1n) is 10.0. The van der Waals surface area contributed by atoms with Gasteiger partial charge in [-0.1, -0.05) is 24.1 Å². The molecule has 1 saturated carbocycles. The fourth-order valence-corrected chi connectivity index (χ4v) is 3.00. The molecular weight excluding hydrogens is 370 g/mol. The second-order valence-corrected chi connectivity index (χ2v) is 8.19. The highest BCUT2D eigenvalue weighted by molar-refractivity contribution is 5.99. The number of ether oxygens (including phenoxy) is 1. The molecule has 0 unspecified atom stereocenters. The summed E-state index contributed by atoms with van der Waals surface area (Å²) in [6.07, 6.45) is 6.60. The van der Waals surface area contributed by atoms with E-state index in [1.807, 2.05) is 24.3 Å². The molecule has 1 fully saturated rings. The van der Waals surface area contributed by atoms with Crippen LogP contribution in [0.15, 0.2) is 35.9 Å². The lowest BCUT2D eigenvalue weighted by Crippen LogP contribution is -2.39. The predicted molar refractivity (Wildman–Crippen MR) is 112 cm³/mol. The Bertz CT molecular complexity index is 758. The van der Waals surface area contributed by atoms with E-state index in [0.717, 1.165) is 31.2 Å². The van der Waals surface area contributed by atoms with Crippen LogP contribution in [0, 0.1) is 0 Å². The Morgan fingerprint density at radius 3 is 2.48 bits per heavy atom. The van der Waals surface area contributed by atoms with Crippen molar-refractivity contribution in [1.29, 1.82) is 0 Å². The van der Waals surface area contributed by atoms with Gasteiger partial charge in [-0.3, -0.25) is 9.59 Å². The minimum absolute atomic E-state index is 0.121. The normalized spacial score (nSPS) is 14.0. The number of amides is 3. The molecule has 1 aromatic carbocycles. The van der Waals surface area contributed by atoms with E-state index in [-0.39, 0.29) is 18.4 Å². The first-order chi connectivity index (χ1) is 13.7. The van der Waals surface area contributed by atoms with Crippen molar-refractivity contribution in [3.8, 4) is 0 Å². The Morgan fingerprint density at radius 2 is 1.79 bits per heavy atom. The molecule has 7 nitrogen and oxygen atoms in total. The van der Waals surface area contributed by atoms with Gasteiger partial charge >= 0.3 is 6.09 Å². The molecule has 158 valence electrons. The zero-order valence-corrected chi connectivity index (χ0v) is 17.5. The lowest BCUT2D eigenvalue weighted by atomic mass is 9.94. The molecule has 7 heteroatoms. The van der Waals surface area contributed by atoms with Crippen molar-refractivity contribution in [2.75, 3.05) is 11.9 Å². The average Bonchev–Trinajstić information content (AvgIpc) is 2.64. The van der Waals surface area contributed by atoms with Gasteiger partial charge in [-0.05, 0) is 64.2 Å². The van der Waals surface area contributed by atoms with E-state index < -0.39 is 11.7 Å². The Labute approximate surface area is 172 Å². The molecule has 0 spiro atoms. The van der Waals surface area contributed by atoms with Gasteiger partial charge in [0.05, 0.1) is 0 Å². The molecule has 3 amide bonds. The van der Waals surface area contributed by atoms with Crippen LogP contribution >= 0.6 is 0 Å². The fraction of sp³-hybridized carbons (Fsp3) is 0.500. The van der Waals surface area contributed by atoms with Crippen molar-refractivity contribution in [2.45, 2.75) is 65.0 Å². The standard InChI is InChI=1S/C22H31N3O4/c1-22(2,3)29-21(28)24-15-20(27)23-14-17-10-7-11-18(12-17)25-19(26)13-16-8-5-4-6-9-16/h7,10-13H,4-6,8-9,14-15H2,1-3H3,(H,23,27)(H,24,28)(H,25,26). The molecule has 0 saturated heterocycles. The molecule has 29 heavy (non-hydrogen) atoms. The number of allylic oxidation sites excluding steroid dienone is 1. The van der Waals surface area contributed by atoms with Crippen molar-refractivity contribution in [3.63, 3.8) is 0 Å². The van der Waals surface area contributed by atoms with Gasteiger partial charge in [-0.15, -0.1) is 0 Å². The molecule has 0 bridgehead atoms. The Morgan fingerprint density at radius 1 is 1.07 bits per heavy atom. The van der Waals surface area contributed by atoms with Gasteiger partial charge in [-0.25, -0.2) is 4.79 Å². The Hall–Kier alpha value is -2.83. The second-order valence-electron chi connectivity index (χ2n) is 8.19. The monoisotopic (exact) mass is 401 g/mol. The molecule has 0 atom stereocenters. The number of carbonyl (C=O) groups excluding carboxylic acids is 3. The quantitative estimate of drug-likeness (QED) is 0.634. The molecule has 0 radical (unpaired) electrons. The highest BCUT2D eigenvalue weighted by Crippen LogP contribution is 2.22. The van der Waals surface area contributed by atoms with Crippen molar-refractivity contribution in [2.24, 2.45) is 0 Å². The van der Waals surface area contributed by atoms with Gasteiger partial charge in [0, 0.05) is 18.3 Å². The van der Waals surface area contributed by atoms with Gasteiger partial charge in [0.25, 0.3) is 0 Å². The number of hydrogen-bond acceptors (Lipinski definition) is 4. The van der Waals surface area contributed by atoms with E-state index in [1.165, 1.54) is 12.0 Å². The van der Waals surface area contributed by atoms with Crippen LogP contribution in [-0.4, -0.2) is 30.1 Å². The van der Waals surface area contributed by atoms with Crippen LogP contribution < -0.4 is 16.0 Å². The van der Waals surface area contributed by atoms with E-state index in [0.29, 0.717) is 12.2 Å². The van der Waals surface area contributed by atoms with Crippen molar-refractivity contribution < 1.29 is 19.1 Å². The van der Waals surface area contributed by atoms with Crippen LogP contribution in [0.3, 0.4) is 0 Å². The summed E-state index contributed by atoms with van der Waals surface area (Å²) >= 11 is 0. The van der Waals surface area contributed by atoms with Crippen molar-refractivity contribution in [1.82, 2.24) is 10.6 Å². The topological polar surface area (TPSA) is 96.5 Å². The summed E-state index contributed by atoms with van der Waals surface area (Å²) in [7, 11) is 0. The zero-order chi connectivity index (χ0) is 21.3. The maximum atomic E-state index is 12.2. The Kier molecular flexibility index (Phi) is 8.24. The van der Waals surface area contributed by atoms with E-state index in [1.54, 1.807) is 26.8 Å². The van der Waals surface area contributed by atoms with Crippen LogP contribution in [0.2, 0.25) is 0 Å². The van der Waals surface area contributed by atoms with E-state index in [9.17, 15) is 14.4 Å². The molecule has 1 aromatic rings. The largest absolute Gasteiger partial charge is 0.444 e. The van der Waals surface area contributed by atoms with Crippen LogP contribution in [0.25, 0.3) is 0 Å². The molecule has 1 aliphatic carbocycles. The molecule has 3 N–H and O–H groups in total. The summed E-state index contributed by atoms with van der Waals surface area (Å²) in [5.74, 6) is -0.447. The van der Waals surface area contributed by atoms with E-state index in [4.69, 9.17) is 4.74 Å². The van der Waals surface area contributed by atoms with Crippen molar-refractivity contribution in [3.05, 3.63) is 41.5 Å². The molecule has 0 aromatic heterocycles. The highest BCUT2D eigenvalue weighted by atomic mass is 16.6. The van der Waals surface area contributed by atoms with Crippen LogP contribution in [0.4, 0.5) is 10.5 Å². The smallest absolute Gasteiger partial charge is 0.408 e. The molecule has 1 aliphatic rings. The maximum absolute atomic E-state index is 12.2. The van der Waals surface area contributed by atoms with E-state index >= 15 is 0 Å². The van der Waals surface area contributed by atoms with Gasteiger partial charge in [0.1, 0.15) is 12.1 Å². The second kappa shape index (κ2) is 10.6. The van der Waals surface area contributed by atoms with Crippen LogP contribution in [0.5, 0.6) is 0 Å². The van der Waals surface area contributed by atoms with Gasteiger partial charge in [-0.2, -0.15) is 0 Å². The van der Waals surface area contributed by atoms with Crippen molar-refractivity contribution >= 4 is 23.6 Å². The summed E-state index contributed by atoms with van der Waals surface area (Å²) in [5.41, 5.74) is 2.12. The number of alkyl carbamates (subject to hydrolysis) is 1. The van der Waals surface area contributed by atoms with Gasteiger partial charge in [0.15, 0.2) is 0 Å². The summed E-state index contributed by atoms with van der Waals surface area (Å²) < 4.78 is 5.08. The number of benzene rings is 1. The third kappa shape index (κ3) is 9.27. The maximum Gasteiger partial charge on any atom is 0.408 e. The molecule has 0 heterocycles. The number of carbonyl (C=O) groups is 3. The lowest BCUT2D eigenvalue weighted by Gasteiger charge is -2.19. The summed E-state index contributed by atoms with van der Waals surface area (Å²) in [5, 5.41) is 8.02. The average molecular weight is 402 g/mol. The highest BCUT2D eigenvalue weighted by Gasteiger charge is 2.16. The summed E-state index contributed by atoms with van der Waals surface area (Å²) in [6, 6.07) is 7.31. The lowest BCUT2D eigenvalue weighted by molar-refractivity contribution is -0.120. The summed E-state index contributed by atoms with van der Waals surface area (Å²) in [6.45, 7) is 5.39. The predicted octanol–water partition coefficient (Wildman–Crippen LogP) is 3.66. The van der Waals surface area contributed by atoms with Gasteiger partial charge < -0.3 is 20.7 Å². The number of hydrogen-bond donors (Lipinski definition) is 3. The number of anilines is 1. The minimum Gasteiger partial charge on any atom is -0.444 e. The number of rotatable bonds is 6. The SMILES string of the molecule is CC(C)(C)OC(=O)NCC(=O)NCc1cccc(NC(=O)C=C2CCCCC2)c1. The molecule has 0 aliphatic heterocycles. The minimum atomic E-state index is -0.635. The zero-order valence-electron chi connectivity index (χ0n) is 17.5. The first-order valence-corrected chi connectivity index (χ1v) is 10.0. The third-order valence-corrected chi connectivity index (χ3v) is 4.31. The number of nitrogens with one attached hydrogen (secondary N) is 3.